The number of likely N-dealkylation sites (tertiary alicyclic amines) is 1. The van der Waals surface area contributed by atoms with E-state index in [1.54, 1.807) is 4.90 Å². The highest BCUT2D eigenvalue weighted by atomic mass is 32.1. The van der Waals surface area contributed by atoms with Crippen molar-refractivity contribution in [2.75, 3.05) is 25.0 Å². The molecule has 0 radical (unpaired) electrons. The van der Waals surface area contributed by atoms with Crippen LogP contribution in [0.3, 0.4) is 0 Å². The van der Waals surface area contributed by atoms with E-state index >= 15 is 0 Å². The Bertz CT molecular complexity index is 705. The van der Waals surface area contributed by atoms with Crippen molar-refractivity contribution >= 4 is 28.3 Å². The Kier molecular flexibility index (Phi) is 6.41. The van der Waals surface area contributed by atoms with Gasteiger partial charge in [-0.25, -0.2) is 4.98 Å². The summed E-state index contributed by atoms with van der Waals surface area (Å²) in [7, 11) is 0. The minimum atomic E-state index is -0.482. The van der Waals surface area contributed by atoms with Crippen LogP contribution in [0.1, 0.15) is 53.2 Å². The molecule has 0 spiro atoms. The highest BCUT2D eigenvalue weighted by molar-refractivity contribution is 7.13. The zero-order valence-corrected chi connectivity index (χ0v) is 18.3. The average Bonchev–Trinajstić information content (AvgIpc) is 3.21. The number of anilines is 1. The summed E-state index contributed by atoms with van der Waals surface area (Å²) >= 11 is 1.44. The normalized spacial score (nSPS) is 26.5. The van der Waals surface area contributed by atoms with Crippen molar-refractivity contribution in [3.05, 3.63) is 11.1 Å². The lowest BCUT2D eigenvalue weighted by Crippen LogP contribution is -2.47. The molecule has 0 bridgehead atoms. The Morgan fingerprint density at radius 2 is 1.96 bits per heavy atom. The van der Waals surface area contributed by atoms with Gasteiger partial charge in [0.05, 0.1) is 17.9 Å². The van der Waals surface area contributed by atoms with E-state index in [4.69, 9.17) is 4.74 Å². The van der Waals surface area contributed by atoms with Crippen LogP contribution >= 0.6 is 11.3 Å². The Hall–Kier alpha value is -1.51. The Labute approximate surface area is 171 Å². The molecule has 1 N–H and O–H groups in total. The maximum absolute atomic E-state index is 12.8. The average molecular weight is 409 g/mol. The van der Waals surface area contributed by atoms with Gasteiger partial charge >= 0.3 is 0 Å². The quantitative estimate of drug-likeness (QED) is 0.829. The van der Waals surface area contributed by atoms with Crippen LogP contribution in [0.4, 0.5) is 5.13 Å². The van der Waals surface area contributed by atoms with Crippen LogP contribution in [0.5, 0.6) is 0 Å². The van der Waals surface area contributed by atoms with Crippen LogP contribution in [0.25, 0.3) is 0 Å². The van der Waals surface area contributed by atoms with Gasteiger partial charge in [0.15, 0.2) is 5.13 Å². The van der Waals surface area contributed by atoms with Crippen LogP contribution in [0, 0.1) is 5.41 Å². The summed E-state index contributed by atoms with van der Waals surface area (Å²) in [6.07, 6.45) is 2.00. The fourth-order valence-corrected chi connectivity index (χ4v) is 4.69. The molecule has 3 heterocycles. The number of rotatable bonds is 4. The Morgan fingerprint density at radius 1 is 1.29 bits per heavy atom. The highest BCUT2D eigenvalue weighted by Gasteiger charge is 2.38. The lowest BCUT2D eigenvalue weighted by atomic mass is 9.94. The topological polar surface area (TPSA) is 74.8 Å². The minimum Gasteiger partial charge on any atom is -0.373 e. The third-order valence-electron chi connectivity index (χ3n) is 5.12. The first-order valence-corrected chi connectivity index (χ1v) is 11.0. The SMILES string of the molecule is CC1CN(Cc2csc(NC(=O)C3CCCN3C(=O)C(C)(C)C)n2)CC(C)O1. The van der Waals surface area contributed by atoms with Gasteiger partial charge in [-0.1, -0.05) is 20.8 Å². The van der Waals surface area contributed by atoms with Gasteiger partial charge in [-0.15, -0.1) is 11.3 Å². The van der Waals surface area contributed by atoms with E-state index in [1.807, 2.05) is 26.2 Å². The minimum absolute atomic E-state index is 0.0283. The lowest BCUT2D eigenvalue weighted by Gasteiger charge is -2.34. The molecule has 3 atom stereocenters. The molecule has 28 heavy (non-hydrogen) atoms. The van der Waals surface area contributed by atoms with Crippen molar-refractivity contribution in [3.8, 4) is 0 Å². The maximum Gasteiger partial charge on any atom is 0.248 e. The molecular formula is C20H32N4O3S. The van der Waals surface area contributed by atoms with Gasteiger partial charge in [0.1, 0.15) is 6.04 Å². The van der Waals surface area contributed by atoms with Crippen molar-refractivity contribution in [2.45, 2.75) is 72.3 Å². The molecule has 2 fully saturated rings. The third kappa shape index (κ3) is 5.10. The second-order valence-electron chi connectivity index (χ2n) is 8.99. The number of morpholine rings is 1. The fraction of sp³-hybridized carbons (Fsp3) is 0.750. The number of hydrogen-bond donors (Lipinski definition) is 1. The first-order chi connectivity index (χ1) is 13.1. The van der Waals surface area contributed by atoms with Crippen LogP contribution in [-0.2, 0) is 20.9 Å². The molecule has 1 aromatic rings. The predicted molar refractivity (Wildman–Crippen MR) is 110 cm³/mol. The number of aromatic nitrogens is 1. The van der Waals surface area contributed by atoms with Crippen LogP contribution < -0.4 is 5.32 Å². The number of nitrogens with zero attached hydrogens (tertiary/aromatic N) is 3. The van der Waals surface area contributed by atoms with Crippen LogP contribution in [0.2, 0.25) is 0 Å². The molecular weight excluding hydrogens is 376 g/mol. The van der Waals surface area contributed by atoms with Gasteiger partial charge in [-0.05, 0) is 26.7 Å². The van der Waals surface area contributed by atoms with Crippen molar-refractivity contribution < 1.29 is 14.3 Å². The lowest BCUT2D eigenvalue weighted by molar-refractivity contribution is -0.143. The monoisotopic (exact) mass is 408 g/mol. The fourth-order valence-electron chi connectivity index (χ4n) is 3.98. The van der Waals surface area contributed by atoms with E-state index < -0.39 is 11.5 Å². The summed E-state index contributed by atoms with van der Waals surface area (Å²) in [6.45, 7) is 13.0. The molecule has 0 aromatic carbocycles. The molecule has 0 aliphatic carbocycles. The number of thiazole rings is 1. The number of ether oxygens (including phenoxy) is 1. The van der Waals surface area contributed by atoms with Crippen molar-refractivity contribution in [1.29, 1.82) is 0 Å². The number of carbonyl (C=O) groups is 2. The van der Waals surface area contributed by atoms with Crippen molar-refractivity contribution in [3.63, 3.8) is 0 Å². The van der Waals surface area contributed by atoms with E-state index in [0.717, 1.165) is 31.7 Å². The second kappa shape index (κ2) is 8.47. The van der Waals surface area contributed by atoms with Crippen LogP contribution in [0.15, 0.2) is 5.38 Å². The summed E-state index contributed by atoms with van der Waals surface area (Å²) in [5.74, 6) is -0.106. The largest absolute Gasteiger partial charge is 0.373 e. The molecule has 2 saturated heterocycles. The highest BCUT2D eigenvalue weighted by Crippen LogP contribution is 2.27. The number of amides is 2. The summed E-state index contributed by atoms with van der Waals surface area (Å²) in [6, 6.07) is -0.403. The first-order valence-electron chi connectivity index (χ1n) is 10.1. The van der Waals surface area contributed by atoms with Gasteiger partial charge < -0.3 is 15.0 Å². The molecule has 3 unspecified atom stereocenters. The molecule has 2 amide bonds. The summed E-state index contributed by atoms with van der Waals surface area (Å²) < 4.78 is 5.77. The standard InChI is InChI=1S/C20H32N4O3S/c1-13-9-23(10-14(2)27-13)11-15-12-28-19(21-15)22-17(25)16-7-6-8-24(16)18(26)20(3,4)5/h12-14,16H,6-11H2,1-5H3,(H,21,22,25). The van der Waals surface area contributed by atoms with E-state index in [0.29, 0.717) is 18.1 Å². The number of carbonyl (C=O) groups excluding carboxylic acids is 2. The summed E-state index contributed by atoms with van der Waals surface area (Å²) in [5, 5.41) is 5.52. The summed E-state index contributed by atoms with van der Waals surface area (Å²) in [5.41, 5.74) is 0.472. The van der Waals surface area contributed by atoms with Gasteiger partial charge in [-0.2, -0.15) is 0 Å². The predicted octanol–water partition coefficient (Wildman–Crippen LogP) is 2.73. The molecule has 156 valence electrons. The third-order valence-corrected chi connectivity index (χ3v) is 5.93. The molecule has 3 rings (SSSR count). The zero-order valence-electron chi connectivity index (χ0n) is 17.5. The second-order valence-corrected chi connectivity index (χ2v) is 9.85. The van der Waals surface area contributed by atoms with Gasteiger partial charge in [-0.3, -0.25) is 14.5 Å². The Morgan fingerprint density at radius 3 is 2.61 bits per heavy atom. The van der Waals surface area contributed by atoms with E-state index in [2.05, 4.69) is 29.0 Å². The van der Waals surface area contributed by atoms with Crippen molar-refractivity contribution in [1.82, 2.24) is 14.8 Å². The smallest absolute Gasteiger partial charge is 0.248 e. The molecule has 2 aliphatic rings. The Balaban J connectivity index is 1.58. The molecule has 2 aliphatic heterocycles. The van der Waals surface area contributed by atoms with Gasteiger partial charge in [0.2, 0.25) is 11.8 Å². The zero-order chi connectivity index (χ0) is 20.5. The van der Waals surface area contributed by atoms with Crippen molar-refractivity contribution in [2.24, 2.45) is 5.41 Å². The van der Waals surface area contributed by atoms with E-state index in [1.165, 1.54) is 11.3 Å². The summed E-state index contributed by atoms with van der Waals surface area (Å²) in [4.78, 5) is 34.0. The molecule has 1 aromatic heterocycles. The number of nitrogens with one attached hydrogen (secondary N) is 1. The van der Waals surface area contributed by atoms with E-state index in [-0.39, 0.29) is 24.0 Å². The van der Waals surface area contributed by atoms with Crippen LogP contribution in [-0.4, -0.2) is 64.5 Å². The van der Waals surface area contributed by atoms with Gasteiger partial charge in [0, 0.05) is 37.0 Å². The van der Waals surface area contributed by atoms with E-state index in [9.17, 15) is 9.59 Å². The molecule has 8 heteroatoms. The maximum atomic E-state index is 12.8. The molecule has 0 saturated carbocycles. The molecule has 7 nitrogen and oxygen atoms in total. The number of hydrogen-bond acceptors (Lipinski definition) is 6. The first kappa shape index (κ1) is 21.2. The van der Waals surface area contributed by atoms with Gasteiger partial charge in [0.25, 0.3) is 0 Å².